The number of nitrogens with two attached hydrogens (primary N) is 1. The smallest absolute Gasteiger partial charge is 0.272 e. The fourth-order valence-electron chi connectivity index (χ4n) is 1.22. The summed E-state index contributed by atoms with van der Waals surface area (Å²) < 4.78 is 26.1. The van der Waals surface area contributed by atoms with Gasteiger partial charge in [-0.2, -0.15) is 0 Å². The van der Waals surface area contributed by atoms with Crippen LogP contribution in [0.4, 0.5) is 14.5 Å². The first-order valence-electron chi connectivity index (χ1n) is 4.36. The molecule has 0 aliphatic rings. The summed E-state index contributed by atoms with van der Waals surface area (Å²) >= 11 is 0. The van der Waals surface area contributed by atoms with E-state index in [1.54, 1.807) is 0 Å². The fourth-order valence-corrected chi connectivity index (χ4v) is 1.22. The minimum Gasteiger partial charge on any atom is -0.398 e. The van der Waals surface area contributed by atoms with E-state index < -0.39 is 11.8 Å². The van der Waals surface area contributed by atoms with Gasteiger partial charge in [0.2, 0.25) is 0 Å². The van der Waals surface area contributed by atoms with Gasteiger partial charge in [0.25, 0.3) is 11.8 Å². The third-order valence-corrected chi connectivity index (χ3v) is 2.02. The van der Waals surface area contributed by atoms with Gasteiger partial charge in [0, 0.05) is 30.8 Å². The Kier molecular flexibility index (Phi) is 2.93. The van der Waals surface area contributed by atoms with E-state index >= 15 is 0 Å². The highest BCUT2D eigenvalue weighted by Gasteiger charge is 2.27. The standard InChI is InChI=1S/C10H12F2N2O/c1-10(11,12)7-5-6(9(15)14-2)3-4-8(7)13/h3-5H,13H2,1-2H3,(H,14,15). The highest BCUT2D eigenvalue weighted by atomic mass is 19.3. The van der Waals surface area contributed by atoms with E-state index in [2.05, 4.69) is 5.32 Å². The molecule has 0 aromatic heterocycles. The molecule has 82 valence electrons. The lowest BCUT2D eigenvalue weighted by Gasteiger charge is -2.14. The number of hydrogen-bond acceptors (Lipinski definition) is 2. The maximum absolute atomic E-state index is 13.1. The number of rotatable bonds is 2. The van der Waals surface area contributed by atoms with Crippen molar-refractivity contribution >= 4 is 11.6 Å². The maximum Gasteiger partial charge on any atom is 0.272 e. The first-order chi connectivity index (χ1) is 6.86. The second kappa shape index (κ2) is 3.84. The van der Waals surface area contributed by atoms with E-state index in [-0.39, 0.29) is 16.8 Å². The van der Waals surface area contributed by atoms with Crippen molar-refractivity contribution < 1.29 is 13.6 Å². The molecule has 1 rings (SSSR count). The summed E-state index contributed by atoms with van der Waals surface area (Å²) in [6.07, 6.45) is 0. The Hall–Kier alpha value is -1.65. The number of nitrogens with one attached hydrogen (secondary N) is 1. The molecule has 0 fully saturated rings. The molecule has 15 heavy (non-hydrogen) atoms. The molecule has 0 atom stereocenters. The summed E-state index contributed by atoms with van der Waals surface area (Å²) in [6.45, 7) is 0.742. The Labute approximate surface area is 86.3 Å². The van der Waals surface area contributed by atoms with E-state index in [0.29, 0.717) is 0 Å². The van der Waals surface area contributed by atoms with Crippen LogP contribution in [0.15, 0.2) is 18.2 Å². The molecule has 5 heteroatoms. The van der Waals surface area contributed by atoms with Gasteiger partial charge in [-0.3, -0.25) is 4.79 Å². The van der Waals surface area contributed by atoms with Crippen LogP contribution in [-0.2, 0) is 5.92 Å². The lowest BCUT2D eigenvalue weighted by molar-refractivity contribution is 0.0182. The highest BCUT2D eigenvalue weighted by molar-refractivity contribution is 5.94. The molecule has 0 spiro atoms. The topological polar surface area (TPSA) is 55.1 Å². The van der Waals surface area contributed by atoms with E-state index in [1.807, 2.05) is 0 Å². The number of hydrogen-bond donors (Lipinski definition) is 2. The van der Waals surface area contributed by atoms with Crippen molar-refractivity contribution in [3.8, 4) is 0 Å². The second-order valence-electron chi connectivity index (χ2n) is 3.27. The SMILES string of the molecule is CNC(=O)c1ccc(N)c(C(C)(F)F)c1. The van der Waals surface area contributed by atoms with Gasteiger partial charge in [-0.15, -0.1) is 0 Å². The monoisotopic (exact) mass is 214 g/mol. The van der Waals surface area contributed by atoms with Crippen LogP contribution in [-0.4, -0.2) is 13.0 Å². The predicted octanol–water partition coefficient (Wildman–Crippen LogP) is 1.74. The Morgan fingerprint density at radius 3 is 2.53 bits per heavy atom. The number of nitrogen functional groups attached to an aromatic ring is 1. The van der Waals surface area contributed by atoms with Crippen LogP contribution in [0, 0.1) is 0 Å². The summed E-state index contributed by atoms with van der Waals surface area (Å²) in [5, 5.41) is 2.35. The number of anilines is 1. The van der Waals surface area contributed by atoms with Crippen molar-refractivity contribution in [3.05, 3.63) is 29.3 Å². The molecule has 0 aliphatic carbocycles. The fraction of sp³-hybridized carbons (Fsp3) is 0.300. The third-order valence-electron chi connectivity index (χ3n) is 2.02. The van der Waals surface area contributed by atoms with Crippen LogP contribution < -0.4 is 11.1 Å². The number of carbonyl (C=O) groups excluding carboxylic acids is 1. The number of alkyl halides is 2. The summed E-state index contributed by atoms with van der Waals surface area (Å²) in [5.41, 5.74) is 5.23. The number of carbonyl (C=O) groups is 1. The normalized spacial score (nSPS) is 11.2. The van der Waals surface area contributed by atoms with E-state index in [9.17, 15) is 13.6 Å². The first-order valence-corrected chi connectivity index (χ1v) is 4.36. The molecule has 0 unspecified atom stereocenters. The predicted molar refractivity (Wildman–Crippen MR) is 53.8 cm³/mol. The molecule has 0 aliphatic heterocycles. The number of benzene rings is 1. The Balaban J connectivity index is 3.23. The number of halogens is 2. The lowest BCUT2D eigenvalue weighted by atomic mass is 10.0. The molecule has 1 aromatic rings. The van der Waals surface area contributed by atoms with Crippen LogP contribution in [0.5, 0.6) is 0 Å². The quantitative estimate of drug-likeness (QED) is 0.737. The molecule has 3 nitrogen and oxygen atoms in total. The molecule has 0 heterocycles. The second-order valence-corrected chi connectivity index (χ2v) is 3.27. The van der Waals surface area contributed by atoms with Crippen LogP contribution in [0.3, 0.4) is 0 Å². The van der Waals surface area contributed by atoms with Crippen molar-refractivity contribution in [2.45, 2.75) is 12.8 Å². The summed E-state index contributed by atoms with van der Waals surface area (Å²) in [5.74, 6) is -3.46. The maximum atomic E-state index is 13.1. The van der Waals surface area contributed by atoms with Gasteiger partial charge in [-0.25, -0.2) is 8.78 Å². The Morgan fingerprint density at radius 2 is 2.07 bits per heavy atom. The van der Waals surface area contributed by atoms with Gasteiger partial charge in [0.1, 0.15) is 0 Å². The van der Waals surface area contributed by atoms with Crippen LogP contribution >= 0.6 is 0 Å². The average Bonchev–Trinajstić information content (AvgIpc) is 2.15. The van der Waals surface area contributed by atoms with Crippen molar-refractivity contribution in [1.82, 2.24) is 5.32 Å². The van der Waals surface area contributed by atoms with Gasteiger partial charge in [-0.05, 0) is 18.2 Å². The summed E-state index contributed by atoms with van der Waals surface area (Å²) in [7, 11) is 1.43. The molecular weight excluding hydrogens is 202 g/mol. The molecule has 0 radical (unpaired) electrons. The van der Waals surface area contributed by atoms with Crippen molar-refractivity contribution in [2.24, 2.45) is 0 Å². The van der Waals surface area contributed by atoms with Crippen LogP contribution in [0.1, 0.15) is 22.8 Å². The van der Waals surface area contributed by atoms with Gasteiger partial charge in [0.15, 0.2) is 0 Å². The average molecular weight is 214 g/mol. The van der Waals surface area contributed by atoms with Gasteiger partial charge < -0.3 is 11.1 Å². The molecule has 3 N–H and O–H groups in total. The van der Waals surface area contributed by atoms with Crippen molar-refractivity contribution in [1.29, 1.82) is 0 Å². The Bertz CT molecular complexity index is 385. The molecule has 1 amide bonds. The summed E-state index contributed by atoms with van der Waals surface area (Å²) in [6, 6.07) is 3.81. The number of amides is 1. The third kappa shape index (κ3) is 2.43. The lowest BCUT2D eigenvalue weighted by Crippen LogP contribution is -2.19. The molecule has 0 saturated heterocycles. The van der Waals surface area contributed by atoms with Crippen LogP contribution in [0.2, 0.25) is 0 Å². The largest absolute Gasteiger partial charge is 0.398 e. The molecule has 0 bridgehead atoms. The Morgan fingerprint density at radius 1 is 1.47 bits per heavy atom. The minimum atomic E-state index is -3.05. The van der Waals surface area contributed by atoms with E-state index in [1.165, 1.54) is 19.2 Å². The van der Waals surface area contributed by atoms with Crippen LogP contribution in [0.25, 0.3) is 0 Å². The molecule has 0 saturated carbocycles. The zero-order valence-corrected chi connectivity index (χ0v) is 8.47. The summed E-state index contributed by atoms with van der Waals surface area (Å²) in [4.78, 5) is 11.2. The molecular formula is C10H12F2N2O. The van der Waals surface area contributed by atoms with E-state index in [4.69, 9.17) is 5.73 Å². The zero-order chi connectivity index (χ0) is 11.6. The zero-order valence-electron chi connectivity index (χ0n) is 8.47. The molecule has 1 aromatic carbocycles. The first kappa shape index (κ1) is 11.4. The van der Waals surface area contributed by atoms with Gasteiger partial charge >= 0.3 is 0 Å². The van der Waals surface area contributed by atoms with Crippen molar-refractivity contribution in [3.63, 3.8) is 0 Å². The highest BCUT2D eigenvalue weighted by Crippen LogP contribution is 2.32. The van der Waals surface area contributed by atoms with E-state index in [0.717, 1.165) is 13.0 Å². The van der Waals surface area contributed by atoms with Gasteiger partial charge in [-0.1, -0.05) is 0 Å². The minimum absolute atomic E-state index is 0.0184. The van der Waals surface area contributed by atoms with Gasteiger partial charge in [0.05, 0.1) is 0 Å². The van der Waals surface area contributed by atoms with Crippen molar-refractivity contribution in [2.75, 3.05) is 12.8 Å².